The van der Waals surface area contributed by atoms with Crippen LogP contribution >= 0.6 is 0 Å². The Bertz CT molecular complexity index is 644. The summed E-state index contributed by atoms with van der Waals surface area (Å²) in [7, 11) is 0. The third-order valence-corrected chi connectivity index (χ3v) is 3.46. The summed E-state index contributed by atoms with van der Waals surface area (Å²) < 4.78 is 12.9. The first-order valence-corrected chi connectivity index (χ1v) is 6.55. The van der Waals surface area contributed by atoms with Crippen molar-refractivity contribution in [1.82, 2.24) is 9.55 Å². The maximum atomic E-state index is 11.4. The first-order valence-electron chi connectivity index (χ1n) is 6.55. The van der Waals surface area contributed by atoms with Crippen molar-refractivity contribution in [3.8, 4) is 0 Å². The molecule has 1 fully saturated rings. The highest BCUT2D eigenvalue weighted by atomic mass is 16.6. The molecule has 1 aliphatic rings. The molecule has 1 N–H and O–H groups in total. The Hall–Kier alpha value is -1.92. The minimum Gasteiger partial charge on any atom is -0.478 e. The third kappa shape index (κ3) is 2.28. The average molecular weight is 276 g/mol. The number of para-hydroxylation sites is 1. The van der Waals surface area contributed by atoms with E-state index in [0.29, 0.717) is 37.4 Å². The summed E-state index contributed by atoms with van der Waals surface area (Å²) in [5, 5.41) is 9.33. The van der Waals surface area contributed by atoms with E-state index in [1.807, 2.05) is 17.6 Å². The lowest BCUT2D eigenvalue weighted by Crippen LogP contribution is -2.32. The van der Waals surface area contributed by atoms with Crippen LogP contribution in [0.4, 0.5) is 0 Å². The number of benzene rings is 1. The number of carbonyl (C=O) groups is 1. The number of fused-ring (bicyclic) bond motifs is 1. The van der Waals surface area contributed by atoms with Gasteiger partial charge in [-0.3, -0.25) is 0 Å². The lowest BCUT2D eigenvalue weighted by Gasteiger charge is -2.24. The Morgan fingerprint density at radius 1 is 1.50 bits per heavy atom. The molecule has 1 atom stereocenters. The second-order valence-electron chi connectivity index (χ2n) is 4.82. The lowest BCUT2D eigenvalue weighted by atomic mass is 10.2. The molecule has 6 heteroatoms. The molecule has 0 bridgehead atoms. The molecule has 0 radical (unpaired) electrons. The Kier molecular flexibility index (Phi) is 3.42. The molecule has 2 aromatic rings. The van der Waals surface area contributed by atoms with E-state index in [1.54, 1.807) is 12.1 Å². The van der Waals surface area contributed by atoms with Gasteiger partial charge in [0, 0.05) is 0 Å². The molecule has 2 heterocycles. The monoisotopic (exact) mass is 276 g/mol. The fraction of sp³-hybridized carbons (Fsp3) is 0.429. The lowest BCUT2D eigenvalue weighted by molar-refractivity contribution is -0.0934. The molecule has 106 valence electrons. The summed E-state index contributed by atoms with van der Waals surface area (Å²) in [5.41, 5.74) is 1.60. The van der Waals surface area contributed by atoms with Gasteiger partial charge < -0.3 is 19.1 Å². The van der Waals surface area contributed by atoms with Gasteiger partial charge in [-0.25, -0.2) is 9.78 Å². The van der Waals surface area contributed by atoms with Crippen LogP contribution in [0.15, 0.2) is 18.2 Å². The average Bonchev–Trinajstić information content (AvgIpc) is 2.76. The zero-order valence-corrected chi connectivity index (χ0v) is 11.2. The van der Waals surface area contributed by atoms with Crippen LogP contribution in [0, 0.1) is 6.92 Å². The minimum atomic E-state index is -0.947. The largest absolute Gasteiger partial charge is 0.478 e. The summed E-state index contributed by atoms with van der Waals surface area (Å²) in [4.78, 5) is 15.8. The van der Waals surface area contributed by atoms with Gasteiger partial charge in [0.05, 0.1) is 49.1 Å². The second-order valence-corrected chi connectivity index (χ2v) is 4.82. The number of ether oxygens (including phenoxy) is 2. The van der Waals surface area contributed by atoms with Crippen molar-refractivity contribution in [3.63, 3.8) is 0 Å². The van der Waals surface area contributed by atoms with Crippen molar-refractivity contribution in [1.29, 1.82) is 0 Å². The van der Waals surface area contributed by atoms with Crippen LogP contribution < -0.4 is 0 Å². The molecule has 1 aliphatic heterocycles. The Morgan fingerprint density at radius 3 is 3.05 bits per heavy atom. The fourth-order valence-corrected chi connectivity index (χ4v) is 2.54. The molecule has 3 rings (SSSR count). The van der Waals surface area contributed by atoms with Crippen LogP contribution in [0.5, 0.6) is 0 Å². The molecule has 6 nitrogen and oxygen atoms in total. The topological polar surface area (TPSA) is 73.6 Å². The van der Waals surface area contributed by atoms with Gasteiger partial charge in [0.1, 0.15) is 5.82 Å². The van der Waals surface area contributed by atoms with E-state index in [9.17, 15) is 9.90 Å². The second kappa shape index (κ2) is 5.22. The van der Waals surface area contributed by atoms with Crippen molar-refractivity contribution in [2.45, 2.75) is 19.6 Å². The zero-order chi connectivity index (χ0) is 14.1. The van der Waals surface area contributed by atoms with E-state index in [0.717, 1.165) is 5.82 Å². The molecule has 0 saturated carbocycles. The van der Waals surface area contributed by atoms with Gasteiger partial charge in [-0.1, -0.05) is 6.07 Å². The predicted octanol–water partition coefficient (Wildman–Crippen LogP) is 1.46. The van der Waals surface area contributed by atoms with E-state index in [2.05, 4.69) is 4.98 Å². The zero-order valence-electron chi connectivity index (χ0n) is 11.2. The summed E-state index contributed by atoms with van der Waals surface area (Å²) in [6.45, 7) is 4.12. The van der Waals surface area contributed by atoms with E-state index in [-0.39, 0.29) is 11.7 Å². The Labute approximate surface area is 115 Å². The van der Waals surface area contributed by atoms with Gasteiger partial charge in [-0.15, -0.1) is 0 Å². The molecular formula is C14H16N2O4. The molecule has 20 heavy (non-hydrogen) atoms. The van der Waals surface area contributed by atoms with Crippen LogP contribution in [0.2, 0.25) is 0 Å². The van der Waals surface area contributed by atoms with Gasteiger partial charge in [-0.2, -0.15) is 0 Å². The molecule has 1 unspecified atom stereocenters. The van der Waals surface area contributed by atoms with Crippen LogP contribution in [-0.4, -0.2) is 46.6 Å². The number of aromatic nitrogens is 2. The van der Waals surface area contributed by atoms with Crippen LogP contribution in [-0.2, 0) is 16.0 Å². The van der Waals surface area contributed by atoms with Crippen molar-refractivity contribution < 1.29 is 19.4 Å². The first kappa shape index (κ1) is 13.1. The third-order valence-electron chi connectivity index (χ3n) is 3.46. The number of hydrogen-bond acceptors (Lipinski definition) is 4. The number of carboxylic acid groups (broad SMARTS) is 1. The molecule has 1 aromatic carbocycles. The normalized spacial score (nSPS) is 19.4. The van der Waals surface area contributed by atoms with E-state index in [1.165, 1.54) is 0 Å². The molecular weight excluding hydrogens is 260 g/mol. The van der Waals surface area contributed by atoms with Gasteiger partial charge in [0.15, 0.2) is 0 Å². The number of aryl methyl sites for hydroxylation is 1. The number of nitrogens with zero attached hydrogens (tertiary/aromatic N) is 2. The van der Waals surface area contributed by atoms with Gasteiger partial charge >= 0.3 is 5.97 Å². The first-order chi connectivity index (χ1) is 9.66. The summed E-state index contributed by atoms with van der Waals surface area (Å²) in [5.74, 6) is -0.166. The minimum absolute atomic E-state index is 0.0679. The van der Waals surface area contributed by atoms with E-state index < -0.39 is 5.97 Å². The number of rotatable bonds is 3. The van der Waals surface area contributed by atoms with E-state index >= 15 is 0 Å². The van der Waals surface area contributed by atoms with Crippen LogP contribution in [0.25, 0.3) is 11.0 Å². The number of aromatic carboxylic acids is 1. The van der Waals surface area contributed by atoms with Crippen LogP contribution in [0.3, 0.4) is 0 Å². The van der Waals surface area contributed by atoms with Crippen LogP contribution in [0.1, 0.15) is 16.2 Å². The van der Waals surface area contributed by atoms with Gasteiger partial charge in [0.25, 0.3) is 0 Å². The number of carboxylic acids is 1. The van der Waals surface area contributed by atoms with Crippen molar-refractivity contribution in [2.24, 2.45) is 0 Å². The number of imidazole rings is 1. The van der Waals surface area contributed by atoms with Crippen molar-refractivity contribution in [2.75, 3.05) is 19.8 Å². The summed E-state index contributed by atoms with van der Waals surface area (Å²) in [6, 6.07) is 5.13. The maximum absolute atomic E-state index is 11.4. The highest BCUT2D eigenvalue weighted by Gasteiger charge is 2.20. The predicted molar refractivity (Wildman–Crippen MR) is 72.0 cm³/mol. The molecule has 0 aliphatic carbocycles. The maximum Gasteiger partial charge on any atom is 0.337 e. The smallest absolute Gasteiger partial charge is 0.337 e. The molecule has 0 spiro atoms. The highest BCUT2D eigenvalue weighted by Crippen LogP contribution is 2.21. The molecule has 0 amide bonds. The standard InChI is InChI=1S/C14H16N2O4/c1-9-15-12-4-2-3-11(14(17)18)13(12)16(9)7-10-8-19-5-6-20-10/h2-4,10H,5-8H2,1H3,(H,17,18). The highest BCUT2D eigenvalue weighted by molar-refractivity contribution is 6.01. The van der Waals surface area contributed by atoms with Crippen molar-refractivity contribution in [3.05, 3.63) is 29.6 Å². The fourth-order valence-electron chi connectivity index (χ4n) is 2.54. The van der Waals surface area contributed by atoms with Gasteiger partial charge in [-0.05, 0) is 19.1 Å². The summed E-state index contributed by atoms with van der Waals surface area (Å²) in [6.07, 6.45) is -0.0679. The van der Waals surface area contributed by atoms with E-state index in [4.69, 9.17) is 9.47 Å². The SMILES string of the molecule is Cc1nc2cccc(C(=O)O)c2n1CC1COCCO1. The Balaban J connectivity index is 2.04. The van der Waals surface area contributed by atoms with Gasteiger partial charge in [0.2, 0.25) is 0 Å². The Morgan fingerprint density at radius 2 is 2.35 bits per heavy atom. The summed E-state index contributed by atoms with van der Waals surface area (Å²) >= 11 is 0. The van der Waals surface area contributed by atoms with Crippen molar-refractivity contribution >= 4 is 17.0 Å². The number of hydrogen-bond donors (Lipinski definition) is 1. The molecule has 1 saturated heterocycles. The quantitative estimate of drug-likeness (QED) is 0.918. The molecule has 1 aromatic heterocycles.